The first kappa shape index (κ1) is 9.79. The second-order valence-electron chi connectivity index (χ2n) is 3.68. The summed E-state index contributed by atoms with van der Waals surface area (Å²) in [6.45, 7) is 6.90. The predicted octanol–water partition coefficient (Wildman–Crippen LogP) is 2.73. The van der Waals surface area contributed by atoms with Crippen molar-refractivity contribution < 1.29 is 0 Å². The van der Waals surface area contributed by atoms with Crippen molar-refractivity contribution in [2.75, 3.05) is 13.1 Å². The summed E-state index contributed by atoms with van der Waals surface area (Å²) in [4.78, 5) is 0. The molecule has 1 aliphatic rings. The third-order valence-corrected chi connectivity index (χ3v) is 2.72. The van der Waals surface area contributed by atoms with Gasteiger partial charge in [0.2, 0.25) is 0 Å². The smallest absolute Gasteiger partial charge is 0.0164 e. The SMILES string of the molecule is CCC(/C=C1/CCCNC1)CC. The van der Waals surface area contributed by atoms with Crippen LogP contribution in [0.25, 0.3) is 0 Å². The van der Waals surface area contributed by atoms with Gasteiger partial charge in [0, 0.05) is 6.54 Å². The molecular formula is C11H21N. The van der Waals surface area contributed by atoms with Crippen molar-refractivity contribution in [3.05, 3.63) is 11.6 Å². The summed E-state index contributed by atoms with van der Waals surface area (Å²) in [6.07, 6.45) is 7.72. The number of hydrogen-bond donors (Lipinski definition) is 1. The molecule has 0 radical (unpaired) electrons. The van der Waals surface area contributed by atoms with E-state index in [2.05, 4.69) is 25.2 Å². The van der Waals surface area contributed by atoms with Crippen molar-refractivity contribution in [3.8, 4) is 0 Å². The van der Waals surface area contributed by atoms with Gasteiger partial charge in [0.1, 0.15) is 0 Å². The first-order valence-corrected chi connectivity index (χ1v) is 5.27. The van der Waals surface area contributed by atoms with Gasteiger partial charge in [0.15, 0.2) is 0 Å². The van der Waals surface area contributed by atoms with Crippen molar-refractivity contribution in [3.63, 3.8) is 0 Å². The molecule has 1 aliphatic heterocycles. The molecule has 1 fully saturated rings. The molecule has 0 aromatic carbocycles. The topological polar surface area (TPSA) is 12.0 Å². The van der Waals surface area contributed by atoms with Crippen molar-refractivity contribution in [2.45, 2.75) is 39.5 Å². The summed E-state index contributed by atoms with van der Waals surface area (Å²) in [5.41, 5.74) is 1.63. The number of nitrogens with one attached hydrogen (secondary N) is 1. The van der Waals surface area contributed by atoms with E-state index in [9.17, 15) is 0 Å². The van der Waals surface area contributed by atoms with Crippen LogP contribution in [0.5, 0.6) is 0 Å². The van der Waals surface area contributed by atoms with E-state index in [4.69, 9.17) is 0 Å². The number of rotatable bonds is 3. The van der Waals surface area contributed by atoms with Crippen molar-refractivity contribution >= 4 is 0 Å². The minimum absolute atomic E-state index is 0.819. The molecule has 0 amide bonds. The highest BCUT2D eigenvalue weighted by atomic mass is 14.9. The zero-order valence-electron chi connectivity index (χ0n) is 8.40. The molecule has 0 unspecified atom stereocenters. The summed E-state index contributed by atoms with van der Waals surface area (Å²) < 4.78 is 0. The summed E-state index contributed by atoms with van der Waals surface area (Å²) in [5.74, 6) is 0.819. The lowest BCUT2D eigenvalue weighted by atomic mass is 9.96. The van der Waals surface area contributed by atoms with E-state index in [1.807, 2.05) is 0 Å². The number of hydrogen-bond acceptors (Lipinski definition) is 1. The van der Waals surface area contributed by atoms with E-state index >= 15 is 0 Å². The highest BCUT2D eigenvalue weighted by molar-refractivity contribution is 5.08. The van der Waals surface area contributed by atoms with Gasteiger partial charge in [-0.2, -0.15) is 0 Å². The summed E-state index contributed by atoms with van der Waals surface area (Å²) in [5, 5.41) is 3.42. The molecule has 0 aromatic rings. The third-order valence-electron chi connectivity index (χ3n) is 2.72. The molecule has 1 heterocycles. The molecule has 1 nitrogen and oxygen atoms in total. The van der Waals surface area contributed by atoms with Gasteiger partial charge in [-0.3, -0.25) is 0 Å². The van der Waals surface area contributed by atoms with Gasteiger partial charge in [-0.25, -0.2) is 0 Å². The second kappa shape index (κ2) is 5.36. The number of allylic oxidation sites excluding steroid dienone is 1. The van der Waals surface area contributed by atoms with Crippen molar-refractivity contribution in [1.29, 1.82) is 0 Å². The molecule has 0 atom stereocenters. The lowest BCUT2D eigenvalue weighted by molar-refractivity contribution is 0.568. The van der Waals surface area contributed by atoms with Gasteiger partial charge in [0.05, 0.1) is 0 Å². The molecule has 0 bridgehead atoms. The Morgan fingerprint density at radius 1 is 1.42 bits per heavy atom. The third kappa shape index (κ3) is 2.98. The lowest BCUT2D eigenvalue weighted by Crippen LogP contribution is -2.24. The molecule has 12 heavy (non-hydrogen) atoms. The summed E-state index contributed by atoms with van der Waals surface area (Å²) >= 11 is 0. The Kier molecular flexibility index (Phi) is 4.37. The largest absolute Gasteiger partial charge is 0.313 e. The van der Waals surface area contributed by atoms with Gasteiger partial charge >= 0.3 is 0 Å². The molecule has 1 N–H and O–H groups in total. The first-order valence-electron chi connectivity index (χ1n) is 5.27. The van der Waals surface area contributed by atoms with Crippen LogP contribution in [0.1, 0.15) is 39.5 Å². The van der Waals surface area contributed by atoms with Crippen LogP contribution in [0.15, 0.2) is 11.6 Å². The van der Waals surface area contributed by atoms with Gasteiger partial charge < -0.3 is 5.32 Å². The number of piperidine rings is 1. The average Bonchev–Trinajstić information content (AvgIpc) is 2.16. The highest BCUT2D eigenvalue weighted by Gasteiger charge is 2.06. The minimum Gasteiger partial charge on any atom is -0.313 e. The van der Waals surface area contributed by atoms with E-state index in [1.165, 1.54) is 32.2 Å². The second-order valence-corrected chi connectivity index (χ2v) is 3.68. The summed E-state index contributed by atoms with van der Waals surface area (Å²) in [6, 6.07) is 0. The van der Waals surface area contributed by atoms with Crippen molar-refractivity contribution in [1.82, 2.24) is 5.32 Å². The van der Waals surface area contributed by atoms with Gasteiger partial charge in [-0.15, -0.1) is 0 Å². The van der Waals surface area contributed by atoms with E-state index in [1.54, 1.807) is 5.57 Å². The Morgan fingerprint density at radius 2 is 2.17 bits per heavy atom. The van der Waals surface area contributed by atoms with Crippen molar-refractivity contribution in [2.24, 2.45) is 5.92 Å². The van der Waals surface area contributed by atoms with E-state index in [-0.39, 0.29) is 0 Å². The Bertz CT molecular complexity index is 137. The van der Waals surface area contributed by atoms with Crippen LogP contribution in [0, 0.1) is 5.92 Å². The fourth-order valence-corrected chi connectivity index (χ4v) is 1.78. The van der Waals surface area contributed by atoms with Crippen LogP contribution in [0.3, 0.4) is 0 Å². The van der Waals surface area contributed by atoms with Crippen LogP contribution in [-0.4, -0.2) is 13.1 Å². The van der Waals surface area contributed by atoms with Crippen LogP contribution < -0.4 is 5.32 Å². The van der Waals surface area contributed by atoms with Crippen LogP contribution >= 0.6 is 0 Å². The minimum atomic E-state index is 0.819. The fraction of sp³-hybridized carbons (Fsp3) is 0.818. The maximum atomic E-state index is 3.42. The normalized spacial score (nSPS) is 22.1. The van der Waals surface area contributed by atoms with Crippen LogP contribution in [0.4, 0.5) is 0 Å². The maximum absolute atomic E-state index is 3.42. The molecule has 0 aliphatic carbocycles. The molecule has 1 saturated heterocycles. The Morgan fingerprint density at radius 3 is 2.67 bits per heavy atom. The maximum Gasteiger partial charge on any atom is 0.0164 e. The summed E-state index contributed by atoms with van der Waals surface area (Å²) in [7, 11) is 0. The molecule has 0 aromatic heterocycles. The monoisotopic (exact) mass is 167 g/mol. The molecule has 1 rings (SSSR count). The van der Waals surface area contributed by atoms with E-state index in [0.29, 0.717) is 0 Å². The Hall–Kier alpha value is -0.300. The quantitative estimate of drug-likeness (QED) is 0.637. The fourth-order valence-electron chi connectivity index (χ4n) is 1.78. The molecule has 0 spiro atoms. The predicted molar refractivity (Wildman–Crippen MR) is 54.3 cm³/mol. The molecule has 70 valence electrons. The van der Waals surface area contributed by atoms with Gasteiger partial charge in [-0.05, 0) is 38.1 Å². The average molecular weight is 167 g/mol. The van der Waals surface area contributed by atoms with Crippen LogP contribution in [-0.2, 0) is 0 Å². The standard InChI is InChI=1S/C11H21N/c1-3-10(4-2)8-11-6-5-7-12-9-11/h8,10,12H,3-7,9H2,1-2H3/b11-8-. The van der Waals surface area contributed by atoms with Crippen LogP contribution in [0.2, 0.25) is 0 Å². The van der Waals surface area contributed by atoms with Gasteiger partial charge in [-0.1, -0.05) is 25.5 Å². The highest BCUT2D eigenvalue weighted by Crippen LogP contribution is 2.16. The molecule has 1 heteroatoms. The Labute approximate surface area is 76.2 Å². The molecule has 0 saturated carbocycles. The first-order chi connectivity index (χ1) is 5.86. The van der Waals surface area contributed by atoms with Gasteiger partial charge in [0.25, 0.3) is 0 Å². The zero-order chi connectivity index (χ0) is 8.81. The van der Waals surface area contributed by atoms with E-state index in [0.717, 1.165) is 12.5 Å². The molecular weight excluding hydrogens is 146 g/mol. The van der Waals surface area contributed by atoms with E-state index < -0.39 is 0 Å². The Balaban J connectivity index is 2.41. The lowest BCUT2D eigenvalue weighted by Gasteiger charge is -2.17. The zero-order valence-corrected chi connectivity index (χ0v) is 8.40.